The van der Waals surface area contributed by atoms with Crippen LogP contribution in [0, 0.1) is 5.82 Å². The number of carbonyl (C=O) groups excluding carboxylic acids is 1. The fourth-order valence-electron chi connectivity index (χ4n) is 1.83. The zero-order valence-electron chi connectivity index (χ0n) is 10.2. The number of nitrogens with zero attached hydrogens (tertiary/aromatic N) is 1. The third kappa shape index (κ3) is 2.21. The number of fused-ring (bicyclic) bond motifs is 1. The minimum Gasteiger partial charge on any atom is -0.306 e. The molecule has 1 aromatic heterocycles. The van der Waals surface area contributed by atoms with E-state index in [4.69, 9.17) is 0 Å². The van der Waals surface area contributed by atoms with Crippen LogP contribution in [0.3, 0.4) is 0 Å². The maximum absolute atomic E-state index is 13.1. The molecule has 0 fully saturated rings. The fraction of sp³-hybridized carbons (Fsp3) is 0. The van der Waals surface area contributed by atoms with Gasteiger partial charge in [0.2, 0.25) is 0 Å². The van der Waals surface area contributed by atoms with Crippen molar-refractivity contribution >= 4 is 33.3 Å². The van der Waals surface area contributed by atoms with Crippen molar-refractivity contribution in [2.24, 2.45) is 0 Å². The molecule has 0 saturated heterocycles. The molecule has 3 aromatic rings. The monoisotopic (exact) mass is 288 g/mol. The minimum absolute atomic E-state index is 0.333. The summed E-state index contributed by atoms with van der Waals surface area (Å²) in [6, 6.07) is 12.1. The molecule has 4 nitrogen and oxygen atoms in total. The zero-order valence-corrected chi connectivity index (χ0v) is 11.0. The molecule has 1 heterocycles. The summed E-state index contributed by atoms with van der Waals surface area (Å²) in [6.07, 6.45) is 0. The maximum Gasteiger partial charge on any atom is 0.342 e. The van der Waals surface area contributed by atoms with Crippen molar-refractivity contribution in [1.82, 2.24) is 3.96 Å². The highest BCUT2D eigenvalue weighted by atomic mass is 32.1. The van der Waals surface area contributed by atoms with Gasteiger partial charge in [-0.05, 0) is 41.9 Å². The molecule has 0 radical (unpaired) electrons. The molecule has 0 unspecified atom stereocenters. The molecule has 2 aromatic carbocycles. The van der Waals surface area contributed by atoms with E-state index in [1.165, 1.54) is 18.2 Å². The second-order valence-electron chi connectivity index (χ2n) is 4.13. The van der Waals surface area contributed by atoms with Crippen LogP contribution < -0.4 is 10.9 Å². The topological polar surface area (TPSA) is 51.1 Å². The Kier molecular flexibility index (Phi) is 3.08. The number of benzene rings is 2. The molecule has 100 valence electrons. The van der Waals surface area contributed by atoms with Gasteiger partial charge in [-0.15, -0.1) is 0 Å². The molecular weight excluding hydrogens is 279 g/mol. The first-order valence-corrected chi connectivity index (χ1v) is 6.60. The van der Waals surface area contributed by atoms with Gasteiger partial charge in [-0.1, -0.05) is 18.2 Å². The van der Waals surface area contributed by atoms with Crippen molar-refractivity contribution < 1.29 is 9.18 Å². The molecule has 3 rings (SSSR count). The summed E-state index contributed by atoms with van der Waals surface area (Å²) >= 11 is 0.918. The van der Waals surface area contributed by atoms with Gasteiger partial charge in [-0.3, -0.25) is 4.79 Å². The summed E-state index contributed by atoms with van der Waals surface area (Å²) in [5, 5.41) is 2.95. The summed E-state index contributed by atoms with van der Waals surface area (Å²) in [5.74, 6) is -0.436. The highest BCUT2D eigenvalue weighted by Crippen LogP contribution is 2.18. The second-order valence-corrected chi connectivity index (χ2v) is 5.12. The Balaban J connectivity index is 2.00. The molecule has 0 bridgehead atoms. The Morgan fingerprint density at radius 2 is 1.90 bits per heavy atom. The lowest BCUT2D eigenvalue weighted by molar-refractivity contribution is 0.255. The lowest BCUT2D eigenvalue weighted by Gasteiger charge is -2.03. The van der Waals surface area contributed by atoms with Crippen LogP contribution in [0.25, 0.3) is 10.1 Å². The predicted molar refractivity (Wildman–Crippen MR) is 76.9 cm³/mol. The smallest absolute Gasteiger partial charge is 0.306 e. The number of anilines is 1. The van der Waals surface area contributed by atoms with Crippen LogP contribution in [0.4, 0.5) is 14.9 Å². The highest BCUT2D eigenvalue weighted by molar-refractivity contribution is 7.14. The SMILES string of the molecule is O=C(Nc1ccccc1)n1sc2cc(F)ccc2c1=O. The number of amides is 1. The van der Waals surface area contributed by atoms with Crippen molar-refractivity contribution in [2.45, 2.75) is 0 Å². The normalized spacial score (nSPS) is 10.7. The quantitative estimate of drug-likeness (QED) is 0.747. The molecule has 1 N–H and O–H groups in total. The van der Waals surface area contributed by atoms with Gasteiger partial charge < -0.3 is 5.32 Å². The van der Waals surface area contributed by atoms with Gasteiger partial charge in [0.1, 0.15) is 5.82 Å². The van der Waals surface area contributed by atoms with Gasteiger partial charge in [0.15, 0.2) is 0 Å². The largest absolute Gasteiger partial charge is 0.342 e. The summed E-state index contributed by atoms with van der Waals surface area (Å²) in [7, 11) is 0. The molecule has 0 saturated carbocycles. The van der Waals surface area contributed by atoms with Crippen LogP contribution in [-0.2, 0) is 0 Å². The molecule has 0 aliphatic rings. The number of carbonyl (C=O) groups is 1. The Bertz CT molecular complexity index is 839. The van der Waals surface area contributed by atoms with Crippen molar-refractivity contribution in [2.75, 3.05) is 5.32 Å². The first kappa shape index (κ1) is 12.6. The van der Waals surface area contributed by atoms with E-state index in [0.29, 0.717) is 15.8 Å². The van der Waals surface area contributed by atoms with Gasteiger partial charge in [-0.2, -0.15) is 3.96 Å². The first-order chi connectivity index (χ1) is 9.65. The Labute approximate surface area is 117 Å². The van der Waals surface area contributed by atoms with Crippen LogP contribution in [0.15, 0.2) is 53.3 Å². The van der Waals surface area contributed by atoms with Gasteiger partial charge in [0, 0.05) is 5.69 Å². The van der Waals surface area contributed by atoms with Gasteiger partial charge in [0.05, 0.1) is 10.1 Å². The van der Waals surface area contributed by atoms with Crippen molar-refractivity contribution in [3.05, 3.63) is 64.7 Å². The summed E-state index contributed by atoms with van der Waals surface area (Å²) in [5.41, 5.74) is 0.145. The highest BCUT2D eigenvalue weighted by Gasteiger charge is 2.14. The molecule has 6 heteroatoms. The molecule has 0 spiro atoms. The third-order valence-corrected chi connectivity index (χ3v) is 3.81. The average Bonchev–Trinajstić information content (AvgIpc) is 2.76. The van der Waals surface area contributed by atoms with Gasteiger partial charge >= 0.3 is 6.03 Å². The van der Waals surface area contributed by atoms with Crippen LogP contribution in [-0.4, -0.2) is 9.99 Å². The van der Waals surface area contributed by atoms with E-state index in [2.05, 4.69) is 5.32 Å². The van der Waals surface area contributed by atoms with Crippen molar-refractivity contribution in [3.8, 4) is 0 Å². The van der Waals surface area contributed by atoms with Gasteiger partial charge in [0.25, 0.3) is 5.56 Å². The molecule has 20 heavy (non-hydrogen) atoms. The Morgan fingerprint density at radius 1 is 1.15 bits per heavy atom. The summed E-state index contributed by atoms with van der Waals surface area (Å²) in [6.45, 7) is 0. The lowest BCUT2D eigenvalue weighted by atomic mass is 10.3. The predicted octanol–water partition coefficient (Wildman–Crippen LogP) is 3.28. The number of para-hydroxylation sites is 1. The van der Waals surface area contributed by atoms with Crippen LogP contribution >= 0.6 is 11.5 Å². The third-order valence-electron chi connectivity index (χ3n) is 2.76. The number of nitrogens with one attached hydrogen (secondary N) is 1. The molecular formula is C14H9FN2O2S. The second kappa shape index (κ2) is 4.90. The number of hydrogen-bond donors (Lipinski definition) is 1. The molecule has 1 amide bonds. The lowest BCUT2D eigenvalue weighted by Crippen LogP contribution is -2.26. The zero-order chi connectivity index (χ0) is 14.1. The number of halogens is 1. The fourth-order valence-corrected chi connectivity index (χ4v) is 2.75. The van der Waals surface area contributed by atoms with E-state index >= 15 is 0 Å². The first-order valence-electron chi connectivity index (χ1n) is 5.83. The van der Waals surface area contributed by atoms with E-state index < -0.39 is 17.4 Å². The van der Waals surface area contributed by atoms with Gasteiger partial charge in [-0.25, -0.2) is 9.18 Å². The molecule has 0 aliphatic carbocycles. The number of aromatic nitrogens is 1. The van der Waals surface area contributed by atoms with E-state index in [9.17, 15) is 14.0 Å². The molecule has 0 atom stereocenters. The van der Waals surface area contributed by atoms with E-state index in [1.54, 1.807) is 24.3 Å². The van der Waals surface area contributed by atoms with E-state index in [1.807, 2.05) is 6.07 Å². The maximum atomic E-state index is 13.1. The van der Waals surface area contributed by atoms with E-state index in [0.717, 1.165) is 15.5 Å². The van der Waals surface area contributed by atoms with Crippen LogP contribution in [0.2, 0.25) is 0 Å². The van der Waals surface area contributed by atoms with Crippen LogP contribution in [0.1, 0.15) is 0 Å². The minimum atomic E-state index is -0.553. The Morgan fingerprint density at radius 3 is 2.65 bits per heavy atom. The van der Waals surface area contributed by atoms with E-state index in [-0.39, 0.29) is 0 Å². The van der Waals surface area contributed by atoms with Crippen LogP contribution in [0.5, 0.6) is 0 Å². The Hall–Kier alpha value is -2.47. The van der Waals surface area contributed by atoms with Crippen molar-refractivity contribution in [3.63, 3.8) is 0 Å². The number of hydrogen-bond acceptors (Lipinski definition) is 3. The summed E-state index contributed by atoms with van der Waals surface area (Å²) < 4.78 is 14.5. The van der Waals surface area contributed by atoms with Crippen molar-refractivity contribution in [1.29, 1.82) is 0 Å². The summed E-state index contributed by atoms with van der Waals surface area (Å²) in [4.78, 5) is 24.1. The standard InChI is InChI=1S/C14H9FN2O2S/c15-9-6-7-11-12(8-9)20-17(13(11)18)14(19)16-10-4-2-1-3-5-10/h1-8H,(H,16,19). The number of rotatable bonds is 1. The molecule has 0 aliphatic heterocycles. The average molecular weight is 288 g/mol.